The van der Waals surface area contributed by atoms with Gasteiger partial charge in [-0.2, -0.15) is 0 Å². The van der Waals surface area contributed by atoms with Gasteiger partial charge in [-0.05, 0) is 36.5 Å². The number of nitrogens with zero attached hydrogens (tertiary/aromatic N) is 1. The largest absolute Gasteiger partial charge is 0.504 e. The summed E-state index contributed by atoms with van der Waals surface area (Å²) in [5.41, 5.74) is 6.69. The Labute approximate surface area is 113 Å². The van der Waals surface area contributed by atoms with E-state index < -0.39 is 0 Å². The molecule has 0 amide bonds. The highest BCUT2D eigenvalue weighted by atomic mass is 16.5. The van der Waals surface area contributed by atoms with Crippen molar-refractivity contribution in [2.24, 2.45) is 16.6 Å². The molecule has 1 aromatic carbocycles. The number of nitrogens with one attached hydrogen (secondary N) is 1. The lowest BCUT2D eigenvalue weighted by Crippen LogP contribution is -2.37. The van der Waals surface area contributed by atoms with Crippen LogP contribution in [-0.2, 0) is 6.54 Å². The normalized spacial score (nSPS) is 15.9. The first-order chi connectivity index (χ1) is 9.19. The van der Waals surface area contributed by atoms with Gasteiger partial charge >= 0.3 is 0 Å². The zero-order valence-corrected chi connectivity index (χ0v) is 11.2. The maximum Gasteiger partial charge on any atom is 0.188 e. The maximum atomic E-state index is 9.65. The van der Waals surface area contributed by atoms with Crippen molar-refractivity contribution in [3.8, 4) is 11.5 Å². The number of guanidine groups is 1. The third-order valence-electron chi connectivity index (χ3n) is 3.47. The van der Waals surface area contributed by atoms with Crippen molar-refractivity contribution in [1.29, 1.82) is 0 Å². The minimum atomic E-state index is 0.121. The number of phenols is 1. The van der Waals surface area contributed by atoms with Gasteiger partial charge in [0.1, 0.15) is 0 Å². The summed E-state index contributed by atoms with van der Waals surface area (Å²) in [6.07, 6.45) is 3.90. The van der Waals surface area contributed by atoms with Crippen molar-refractivity contribution in [3.05, 3.63) is 23.8 Å². The Hall–Kier alpha value is -1.91. The quantitative estimate of drug-likeness (QED) is 0.557. The van der Waals surface area contributed by atoms with Gasteiger partial charge in [0.2, 0.25) is 0 Å². The smallest absolute Gasteiger partial charge is 0.188 e. The van der Waals surface area contributed by atoms with Crippen molar-refractivity contribution in [2.45, 2.75) is 25.8 Å². The minimum absolute atomic E-state index is 0.121. The van der Waals surface area contributed by atoms with E-state index in [-0.39, 0.29) is 5.75 Å². The van der Waals surface area contributed by atoms with Crippen LogP contribution < -0.4 is 15.8 Å². The molecule has 1 saturated carbocycles. The predicted molar refractivity (Wildman–Crippen MR) is 75.3 cm³/mol. The second kappa shape index (κ2) is 6.31. The molecular formula is C14H21N3O2. The van der Waals surface area contributed by atoms with Gasteiger partial charge in [-0.25, -0.2) is 4.99 Å². The molecule has 4 N–H and O–H groups in total. The monoisotopic (exact) mass is 263 g/mol. The number of hydrogen-bond donors (Lipinski definition) is 3. The summed E-state index contributed by atoms with van der Waals surface area (Å²) in [6.45, 7) is 1.35. The molecule has 0 bridgehead atoms. The maximum absolute atomic E-state index is 9.65. The molecular weight excluding hydrogens is 242 g/mol. The van der Waals surface area contributed by atoms with Gasteiger partial charge in [-0.15, -0.1) is 0 Å². The molecule has 1 aliphatic carbocycles. The van der Waals surface area contributed by atoms with E-state index in [4.69, 9.17) is 10.5 Å². The van der Waals surface area contributed by atoms with Gasteiger partial charge in [0, 0.05) is 6.54 Å². The van der Waals surface area contributed by atoms with E-state index in [0.717, 1.165) is 18.0 Å². The Bertz CT molecular complexity index is 456. The molecule has 1 aliphatic rings. The zero-order valence-electron chi connectivity index (χ0n) is 11.2. The number of nitrogens with two attached hydrogens (primary N) is 1. The molecule has 5 nitrogen and oxygen atoms in total. The standard InChI is InChI=1S/C14H21N3O2/c1-19-13-6-5-11(7-12(13)18)9-17-14(15)16-8-10-3-2-4-10/h5-7,10,18H,2-4,8-9H2,1H3,(H3,15,16,17). The fourth-order valence-corrected chi connectivity index (χ4v) is 2.01. The van der Waals surface area contributed by atoms with Crippen LogP contribution in [0.5, 0.6) is 11.5 Å². The molecule has 0 saturated heterocycles. The summed E-state index contributed by atoms with van der Waals surface area (Å²) in [7, 11) is 1.52. The van der Waals surface area contributed by atoms with E-state index in [0.29, 0.717) is 18.3 Å². The molecule has 5 heteroatoms. The Morgan fingerprint density at radius 2 is 2.32 bits per heavy atom. The van der Waals surface area contributed by atoms with E-state index in [9.17, 15) is 5.11 Å². The van der Waals surface area contributed by atoms with Crippen molar-refractivity contribution >= 4 is 5.96 Å². The average molecular weight is 263 g/mol. The lowest BCUT2D eigenvalue weighted by molar-refractivity contribution is 0.315. The number of benzene rings is 1. The number of aromatic hydroxyl groups is 1. The molecule has 0 aliphatic heterocycles. The topological polar surface area (TPSA) is 79.9 Å². The summed E-state index contributed by atoms with van der Waals surface area (Å²) in [6, 6.07) is 5.22. The molecule has 0 spiro atoms. The number of methoxy groups -OCH3 is 1. The Balaban J connectivity index is 1.84. The van der Waals surface area contributed by atoms with Crippen LogP contribution in [0.15, 0.2) is 23.2 Å². The van der Waals surface area contributed by atoms with Gasteiger partial charge in [0.25, 0.3) is 0 Å². The third-order valence-corrected chi connectivity index (χ3v) is 3.47. The predicted octanol–water partition coefficient (Wildman–Crippen LogP) is 1.61. The van der Waals surface area contributed by atoms with Gasteiger partial charge in [-0.3, -0.25) is 0 Å². The highest BCUT2D eigenvalue weighted by Gasteiger charge is 2.16. The van der Waals surface area contributed by atoms with Crippen LogP contribution >= 0.6 is 0 Å². The lowest BCUT2D eigenvalue weighted by Gasteiger charge is -2.25. The van der Waals surface area contributed by atoms with Gasteiger partial charge in [0.15, 0.2) is 17.5 Å². The van der Waals surface area contributed by atoms with Crippen LogP contribution in [-0.4, -0.2) is 24.7 Å². The number of ether oxygens (including phenoxy) is 1. The number of aliphatic imine (C=N–C) groups is 1. The third kappa shape index (κ3) is 3.77. The van der Waals surface area contributed by atoms with Crippen LogP contribution in [0.25, 0.3) is 0 Å². The van der Waals surface area contributed by atoms with Crippen molar-refractivity contribution < 1.29 is 9.84 Å². The fourth-order valence-electron chi connectivity index (χ4n) is 2.01. The zero-order chi connectivity index (χ0) is 13.7. The molecule has 0 atom stereocenters. The van der Waals surface area contributed by atoms with E-state index in [1.807, 2.05) is 6.07 Å². The molecule has 104 valence electrons. The summed E-state index contributed by atoms with van der Waals surface area (Å²) in [5.74, 6) is 1.79. The molecule has 19 heavy (non-hydrogen) atoms. The van der Waals surface area contributed by atoms with Gasteiger partial charge in [-0.1, -0.05) is 12.5 Å². The van der Waals surface area contributed by atoms with E-state index in [1.165, 1.54) is 26.4 Å². The van der Waals surface area contributed by atoms with E-state index in [1.54, 1.807) is 12.1 Å². The fraction of sp³-hybridized carbons (Fsp3) is 0.500. The first-order valence-electron chi connectivity index (χ1n) is 6.58. The van der Waals surface area contributed by atoms with Crippen molar-refractivity contribution in [1.82, 2.24) is 5.32 Å². The highest BCUT2D eigenvalue weighted by molar-refractivity contribution is 5.77. The van der Waals surface area contributed by atoms with Crippen LogP contribution in [0.3, 0.4) is 0 Å². The SMILES string of the molecule is COc1ccc(CN=C(N)NCC2CCC2)cc1O. The van der Waals surface area contributed by atoms with Crippen LogP contribution in [0.2, 0.25) is 0 Å². The second-order valence-electron chi connectivity index (χ2n) is 4.89. The van der Waals surface area contributed by atoms with E-state index >= 15 is 0 Å². The van der Waals surface area contributed by atoms with Crippen molar-refractivity contribution in [3.63, 3.8) is 0 Å². The number of rotatable bonds is 5. The summed E-state index contributed by atoms with van der Waals surface area (Å²) >= 11 is 0. The van der Waals surface area contributed by atoms with E-state index in [2.05, 4.69) is 10.3 Å². The molecule has 1 fully saturated rings. The molecule has 0 radical (unpaired) electrons. The van der Waals surface area contributed by atoms with Gasteiger partial charge in [0.05, 0.1) is 13.7 Å². The highest BCUT2D eigenvalue weighted by Crippen LogP contribution is 2.26. The molecule has 0 unspecified atom stereocenters. The first kappa shape index (κ1) is 13.5. The number of phenolic OH excluding ortho intramolecular Hbond substituents is 1. The van der Waals surface area contributed by atoms with Crippen LogP contribution in [0, 0.1) is 5.92 Å². The minimum Gasteiger partial charge on any atom is -0.504 e. The Morgan fingerprint density at radius 1 is 1.53 bits per heavy atom. The van der Waals surface area contributed by atoms with Crippen LogP contribution in [0.4, 0.5) is 0 Å². The Kier molecular flexibility index (Phi) is 4.49. The van der Waals surface area contributed by atoms with Gasteiger partial charge < -0.3 is 20.9 Å². The van der Waals surface area contributed by atoms with Crippen molar-refractivity contribution in [2.75, 3.05) is 13.7 Å². The summed E-state index contributed by atoms with van der Waals surface area (Å²) < 4.78 is 4.99. The Morgan fingerprint density at radius 3 is 2.89 bits per heavy atom. The number of hydrogen-bond acceptors (Lipinski definition) is 3. The van der Waals surface area contributed by atoms with Crippen LogP contribution in [0.1, 0.15) is 24.8 Å². The second-order valence-corrected chi connectivity index (χ2v) is 4.89. The molecule has 2 rings (SSSR count). The summed E-state index contributed by atoms with van der Waals surface area (Å²) in [4.78, 5) is 4.25. The summed E-state index contributed by atoms with van der Waals surface area (Å²) in [5, 5.41) is 12.8. The molecule has 0 aromatic heterocycles. The first-order valence-corrected chi connectivity index (χ1v) is 6.58. The lowest BCUT2D eigenvalue weighted by atomic mass is 9.85. The molecule has 0 heterocycles. The molecule has 1 aromatic rings. The average Bonchev–Trinajstić information content (AvgIpc) is 2.34.